The number of rotatable bonds is 5. The number of aliphatic hydroxyl groups is 1. The van der Waals surface area contributed by atoms with Gasteiger partial charge in [0.1, 0.15) is 12.4 Å². The molecule has 0 saturated heterocycles. The third-order valence-electron chi connectivity index (χ3n) is 2.71. The first-order valence-electron chi connectivity index (χ1n) is 5.31. The van der Waals surface area contributed by atoms with Crippen LogP contribution in [0, 0.1) is 11.6 Å². The van der Waals surface area contributed by atoms with Gasteiger partial charge in [0, 0.05) is 6.07 Å². The third-order valence-corrected chi connectivity index (χ3v) is 2.71. The molecule has 16 heavy (non-hydrogen) atoms. The van der Waals surface area contributed by atoms with E-state index in [4.69, 9.17) is 4.74 Å². The Morgan fingerprint density at radius 1 is 1.19 bits per heavy atom. The SMILES string of the molecule is CCC(O)(CC)COc1ccc(F)c(F)c1. The van der Waals surface area contributed by atoms with Crippen LogP contribution in [0.25, 0.3) is 0 Å². The van der Waals surface area contributed by atoms with Gasteiger partial charge in [-0.15, -0.1) is 0 Å². The predicted molar refractivity (Wildman–Crippen MR) is 57.4 cm³/mol. The number of hydrogen-bond acceptors (Lipinski definition) is 2. The lowest BCUT2D eigenvalue weighted by molar-refractivity contribution is -0.0114. The van der Waals surface area contributed by atoms with Crippen LogP contribution in [-0.2, 0) is 0 Å². The maximum atomic E-state index is 12.8. The van der Waals surface area contributed by atoms with Crippen LogP contribution in [0.3, 0.4) is 0 Å². The van der Waals surface area contributed by atoms with Crippen LogP contribution >= 0.6 is 0 Å². The first-order valence-corrected chi connectivity index (χ1v) is 5.31. The number of halogens is 2. The standard InChI is InChI=1S/C12H16F2O2/c1-3-12(15,4-2)8-16-9-5-6-10(13)11(14)7-9/h5-7,15H,3-4,8H2,1-2H3. The Bertz CT molecular complexity index is 349. The second kappa shape index (κ2) is 5.25. The molecule has 0 aromatic heterocycles. The normalized spacial score (nSPS) is 11.6. The van der Waals surface area contributed by atoms with Gasteiger partial charge in [-0.05, 0) is 25.0 Å². The summed E-state index contributed by atoms with van der Waals surface area (Å²) < 4.78 is 30.7. The van der Waals surface area contributed by atoms with Gasteiger partial charge in [-0.25, -0.2) is 8.78 Å². The van der Waals surface area contributed by atoms with Crippen molar-refractivity contribution < 1.29 is 18.6 Å². The minimum Gasteiger partial charge on any atom is -0.490 e. The molecule has 90 valence electrons. The molecule has 1 aromatic carbocycles. The third kappa shape index (κ3) is 3.17. The highest BCUT2D eigenvalue weighted by Gasteiger charge is 2.23. The van der Waals surface area contributed by atoms with Gasteiger partial charge < -0.3 is 9.84 Å². The van der Waals surface area contributed by atoms with E-state index in [1.807, 2.05) is 13.8 Å². The average molecular weight is 230 g/mol. The lowest BCUT2D eigenvalue weighted by Gasteiger charge is -2.25. The van der Waals surface area contributed by atoms with E-state index in [0.29, 0.717) is 12.8 Å². The fraction of sp³-hybridized carbons (Fsp3) is 0.500. The summed E-state index contributed by atoms with van der Waals surface area (Å²) >= 11 is 0. The van der Waals surface area contributed by atoms with E-state index in [0.717, 1.165) is 12.1 Å². The van der Waals surface area contributed by atoms with Crippen LogP contribution < -0.4 is 4.74 Å². The Hall–Kier alpha value is -1.16. The minimum absolute atomic E-state index is 0.0745. The van der Waals surface area contributed by atoms with Crippen molar-refractivity contribution >= 4 is 0 Å². The molecule has 0 aliphatic rings. The molecular weight excluding hydrogens is 214 g/mol. The topological polar surface area (TPSA) is 29.5 Å². The smallest absolute Gasteiger partial charge is 0.162 e. The van der Waals surface area contributed by atoms with Crippen molar-refractivity contribution in [1.29, 1.82) is 0 Å². The number of hydrogen-bond donors (Lipinski definition) is 1. The summed E-state index contributed by atoms with van der Waals surface area (Å²) in [6.07, 6.45) is 1.10. The quantitative estimate of drug-likeness (QED) is 0.842. The van der Waals surface area contributed by atoms with Gasteiger partial charge in [-0.3, -0.25) is 0 Å². The van der Waals surface area contributed by atoms with Crippen molar-refractivity contribution in [1.82, 2.24) is 0 Å². The maximum Gasteiger partial charge on any atom is 0.162 e. The zero-order valence-electron chi connectivity index (χ0n) is 9.46. The Morgan fingerprint density at radius 3 is 2.31 bits per heavy atom. The van der Waals surface area contributed by atoms with Crippen molar-refractivity contribution in [3.05, 3.63) is 29.8 Å². The van der Waals surface area contributed by atoms with Crippen LogP contribution in [-0.4, -0.2) is 17.3 Å². The second-order valence-electron chi connectivity index (χ2n) is 3.80. The van der Waals surface area contributed by atoms with E-state index >= 15 is 0 Å². The molecule has 0 atom stereocenters. The molecule has 1 rings (SSSR count). The van der Waals surface area contributed by atoms with E-state index in [1.165, 1.54) is 6.07 Å². The largest absolute Gasteiger partial charge is 0.490 e. The lowest BCUT2D eigenvalue weighted by atomic mass is 9.99. The Balaban J connectivity index is 2.64. The molecule has 0 amide bonds. The summed E-state index contributed by atoms with van der Waals surface area (Å²) in [6.45, 7) is 3.77. The molecule has 0 spiro atoms. The molecule has 0 bridgehead atoms. The summed E-state index contributed by atoms with van der Waals surface area (Å²) in [4.78, 5) is 0. The Morgan fingerprint density at radius 2 is 1.81 bits per heavy atom. The molecule has 0 heterocycles. The molecule has 0 aliphatic heterocycles. The van der Waals surface area contributed by atoms with Crippen molar-refractivity contribution in [3.63, 3.8) is 0 Å². The van der Waals surface area contributed by atoms with Gasteiger partial charge in [0.25, 0.3) is 0 Å². The van der Waals surface area contributed by atoms with Crippen molar-refractivity contribution in [2.45, 2.75) is 32.3 Å². The molecule has 4 heteroatoms. The van der Waals surface area contributed by atoms with Gasteiger partial charge >= 0.3 is 0 Å². The predicted octanol–water partition coefficient (Wildman–Crippen LogP) is 2.89. The fourth-order valence-corrected chi connectivity index (χ4v) is 1.24. The van der Waals surface area contributed by atoms with Gasteiger partial charge in [0.05, 0.1) is 5.60 Å². The van der Waals surface area contributed by atoms with Crippen molar-refractivity contribution in [2.75, 3.05) is 6.61 Å². The van der Waals surface area contributed by atoms with E-state index in [9.17, 15) is 13.9 Å². The van der Waals surface area contributed by atoms with E-state index in [2.05, 4.69) is 0 Å². The van der Waals surface area contributed by atoms with Crippen LogP contribution in [0.15, 0.2) is 18.2 Å². The van der Waals surface area contributed by atoms with Crippen molar-refractivity contribution in [2.24, 2.45) is 0 Å². The van der Waals surface area contributed by atoms with E-state index in [1.54, 1.807) is 0 Å². The summed E-state index contributed by atoms with van der Waals surface area (Å²) in [6, 6.07) is 3.31. The van der Waals surface area contributed by atoms with E-state index < -0.39 is 17.2 Å². The summed E-state index contributed by atoms with van der Waals surface area (Å²) in [7, 11) is 0. The molecule has 0 fully saturated rings. The monoisotopic (exact) mass is 230 g/mol. The van der Waals surface area contributed by atoms with Crippen molar-refractivity contribution in [3.8, 4) is 5.75 Å². The molecule has 0 aliphatic carbocycles. The van der Waals surface area contributed by atoms with E-state index in [-0.39, 0.29) is 12.4 Å². The number of benzene rings is 1. The number of ether oxygens (including phenoxy) is 1. The van der Waals surface area contributed by atoms with Gasteiger partial charge in [0.2, 0.25) is 0 Å². The molecule has 0 radical (unpaired) electrons. The van der Waals surface area contributed by atoms with Crippen LogP contribution in [0.5, 0.6) is 5.75 Å². The molecular formula is C12H16F2O2. The first kappa shape index (κ1) is 12.9. The summed E-state index contributed by atoms with van der Waals surface area (Å²) in [5.74, 6) is -1.64. The summed E-state index contributed by atoms with van der Waals surface area (Å²) in [5, 5.41) is 9.92. The highest BCUT2D eigenvalue weighted by atomic mass is 19.2. The Labute approximate surface area is 93.9 Å². The lowest BCUT2D eigenvalue weighted by Crippen LogP contribution is -2.34. The minimum atomic E-state index is -0.950. The summed E-state index contributed by atoms with van der Waals surface area (Å²) in [5.41, 5.74) is -0.912. The Kier molecular flexibility index (Phi) is 4.24. The fourth-order valence-electron chi connectivity index (χ4n) is 1.24. The molecule has 1 N–H and O–H groups in total. The molecule has 1 aromatic rings. The van der Waals surface area contributed by atoms with Crippen LogP contribution in [0.1, 0.15) is 26.7 Å². The van der Waals surface area contributed by atoms with Gasteiger partial charge in [-0.2, -0.15) is 0 Å². The second-order valence-corrected chi connectivity index (χ2v) is 3.80. The first-order chi connectivity index (χ1) is 7.50. The molecule has 0 unspecified atom stereocenters. The maximum absolute atomic E-state index is 12.8. The van der Waals surface area contributed by atoms with Crippen LogP contribution in [0.4, 0.5) is 8.78 Å². The highest BCUT2D eigenvalue weighted by Crippen LogP contribution is 2.20. The molecule has 2 nitrogen and oxygen atoms in total. The highest BCUT2D eigenvalue weighted by molar-refractivity contribution is 5.23. The molecule has 0 saturated carbocycles. The van der Waals surface area contributed by atoms with Gasteiger partial charge in [0.15, 0.2) is 11.6 Å². The average Bonchev–Trinajstić information content (AvgIpc) is 2.30. The zero-order chi connectivity index (χ0) is 12.2. The van der Waals surface area contributed by atoms with Crippen LogP contribution in [0.2, 0.25) is 0 Å². The van der Waals surface area contributed by atoms with Gasteiger partial charge in [-0.1, -0.05) is 13.8 Å². The zero-order valence-corrected chi connectivity index (χ0v) is 9.46.